The summed E-state index contributed by atoms with van der Waals surface area (Å²) in [7, 11) is 2.11. The number of rotatable bonds is 4. The minimum atomic E-state index is -0.969. The van der Waals surface area contributed by atoms with Gasteiger partial charge in [-0.2, -0.15) is 0 Å². The Hall–Kier alpha value is -2.79. The lowest BCUT2D eigenvalue weighted by atomic mass is 9.98. The molecule has 0 saturated carbocycles. The van der Waals surface area contributed by atoms with Crippen molar-refractivity contribution < 1.29 is 9.59 Å². The molecule has 0 radical (unpaired) electrons. The van der Waals surface area contributed by atoms with Crippen LogP contribution >= 0.6 is 11.3 Å². The van der Waals surface area contributed by atoms with Gasteiger partial charge in [0.1, 0.15) is 5.54 Å². The van der Waals surface area contributed by atoms with Gasteiger partial charge >= 0.3 is 6.03 Å². The van der Waals surface area contributed by atoms with Crippen LogP contribution < -0.4 is 16.0 Å². The van der Waals surface area contributed by atoms with Crippen LogP contribution in [0.15, 0.2) is 12.3 Å². The standard InChI is InChI=1S/C20H28N8O2S/c1-13-15(14-5-7-22-17(24-14)27-11-9-26(3)10-12-27)31-18(23-13)25-19(30)28-8-4-6-20(28,2)16(21)29/h5,7H,4,6,8-12H2,1-3H3,(H2,21,29)(H,23,25,30)/t20-/m0/s1. The van der Waals surface area contributed by atoms with E-state index in [0.29, 0.717) is 24.0 Å². The zero-order chi connectivity index (χ0) is 22.2. The number of nitrogens with zero attached hydrogens (tertiary/aromatic N) is 6. The lowest BCUT2D eigenvalue weighted by Crippen LogP contribution is -2.55. The third kappa shape index (κ3) is 4.19. The van der Waals surface area contributed by atoms with E-state index >= 15 is 0 Å². The molecule has 2 aliphatic heterocycles. The van der Waals surface area contributed by atoms with Gasteiger partial charge in [-0.1, -0.05) is 11.3 Å². The first-order chi connectivity index (χ1) is 14.8. The van der Waals surface area contributed by atoms with Crippen LogP contribution in [0, 0.1) is 6.92 Å². The van der Waals surface area contributed by atoms with Gasteiger partial charge in [-0.05, 0) is 39.8 Å². The first-order valence-electron chi connectivity index (χ1n) is 10.4. The zero-order valence-corrected chi connectivity index (χ0v) is 18.9. The van der Waals surface area contributed by atoms with Crippen molar-refractivity contribution in [3.63, 3.8) is 0 Å². The maximum Gasteiger partial charge on any atom is 0.324 e. The molecule has 2 aromatic heterocycles. The summed E-state index contributed by atoms with van der Waals surface area (Å²) < 4.78 is 0. The van der Waals surface area contributed by atoms with E-state index in [1.165, 1.54) is 16.2 Å². The number of piperazine rings is 1. The van der Waals surface area contributed by atoms with Crippen LogP contribution in [0.1, 0.15) is 25.5 Å². The lowest BCUT2D eigenvalue weighted by molar-refractivity contribution is -0.126. The van der Waals surface area contributed by atoms with Crippen LogP contribution in [-0.4, -0.2) is 82.0 Å². The van der Waals surface area contributed by atoms with Gasteiger partial charge in [0.25, 0.3) is 0 Å². The molecule has 0 bridgehead atoms. The predicted molar refractivity (Wildman–Crippen MR) is 120 cm³/mol. The molecule has 2 aromatic rings. The number of anilines is 2. The van der Waals surface area contributed by atoms with E-state index in [1.807, 2.05) is 13.0 Å². The molecular weight excluding hydrogens is 416 g/mol. The summed E-state index contributed by atoms with van der Waals surface area (Å²) >= 11 is 1.36. The Balaban J connectivity index is 1.51. The number of likely N-dealkylation sites (N-methyl/N-ethyl adjacent to an activating group) is 1. The first kappa shape index (κ1) is 21.4. The van der Waals surface area contributed by atoms with E-state index in [-0.39, 0.29) is 6.03 Å². The summed E-state index contributed by atoms with van der Waals surface area (Å²) in [4.78, 5) is 45.2. The third-order valence-electron chi connectivity index (χ3n) is 6.09. The Bertz CT molecular complexity index is 987. The van der Waals surface area contributed by atoms with E-state index in [1.54, 1.807) is 13.1 Å². The molecule has 2 saturated heterocycles. The molecule has 0 spiro atoms. The van der Waals surface area contributed by atoms with Crippen molar-refractivity contribution in [1.29, 1.82) is 0 Å². The molecule has 4 rings (SSSR count). The molecule has 0 unspecified atom stereocenters. The number of thiazole rings is 1. The largest absolute Gasteiger partial charge is 0.368 e. The normalized spacial score (nSPS) is 22.0. The number of primary amides is 1. The van der Waals surface area contributed by atoms with Crippen molar-refractivity contribution in [3.05, 3.63) is 18.0 Å². The van der Waals surface area contributed by atoms with Crippen molar-refractivity contribution in [3.8, 4) is 10.6 Å². The molecule has 0 aromatic carbocycles. The van der Waals surface area contributed by atoms with Gasteiger partial charge in [0.05, 0.1) is 16.3 Å². The predicted octanol–water partition coefficient (Wildman–Crippen LogP) is 1.53. The highest BCUT2D eigenvalue weighted by atomic mass is 32.1. The van der Waals surface area contributed by atoms with Crippen molar-refractivity contribution in [2.24, 2.45) is 5.73 Å². The number of urea groups is 1. The van der Waals surface area contributed by atoms with Crippen molar-refractivity contribution in [2.75, 3.05) is 50.0 Å². The summed E-state index contributed by atoms with van der Waals surface area (Å²) in [6.45, 7) is 7.81. The summed E-state index contributed by atoms with van der Waals surface area (Å²) in [6, 6.07) is 1.50. The van der Waals surface area contributed by atoms with Gasteiger partial charge in [0.2, 0.25) is 11.9 Å². The third-order valence-corrected chi connectivity index (χ3v) is 7.18. The van der Waals surface area contributed by atoms with E-state index < -0.39 is 11.4 Å². The number of carbonyl (C=O) groups is 2. The summed E-state index contributed by atoms with van der Waals surface area (Å²) in [6.07, 6.45) is 3.06. The Morgan fingerprint density at radius 2 is 1.94 bits per heavy atom. The summed E-state index contributed by atoms with van der Waals surface area (Å²) in [5.41, 5.74) is 6.14. The second-order valence-corrected chi connectivity index (χ2v) is 9.29. The topological polar surface area (TPSA) is 121 Å². The minimum absolute atomic E-state index is 0.361. The molecule has 166 valence electrons. The van der Waals surface area contributed by atoms with E-state index in [0.717, 1.165) is 48.9 Å². The quantitative estimate of drug-likeness (QED) is 0.734. The molecule has 31 heavy (non-hydrogen) atoms. The van der Waals surface area contributed by atoms with Crippen LogP contribution in [0.25, 0.3) is 10.6 Å². The average Bonchev–Trinajstić information content (AvgIpc) is 3.32. The van der Waals surface area contributed by atoms with Crippen molar-refractivity contribution in [1.82, 2.24) is 24.8 Å². The molecular formula is C20H28N8O2S. The van der Waals surface area contributed by atoms with E-state index in [4.69, 9.17) is 10.7 Å². The summed E-state index contributed by atoms with van der Waals surface area (Å²) in [5, 5.41) is 3.30. The second kappa shape index (κ2) is 8.39. The first-order valence-corrected chi connectivity index (χ1v) is 11.2. The monoisotopic (exact) mass is 444 g/mol. The highest BCUT2D eigenvalue weighted by molar-refractivity contribution is 7.19. The fourth-order valence-electron chi connectivity index (χ4n) is 4.03. The Morgan fingerprint density at radius 1 is 1.19 bits per heavy atom. The highest BCUT2D eigenvalue weighted by Crippen LogP contribution is 2.34. The Labute approximate surface area is 185 Å². The number of aryl methyl sites for hydroxylation is 1. The van der Waals surface area contributed by atoms with Gasteiger partial charge in [0, 0.05) is 38.9 Å². The van der Waals surface area contributed by atoms with Crippen molar-refractivity contribution >= 4 is 34.4 Å². The zero-order valence-electron chi connectivity index (χ0n) is 18.1. The van der Waals surface area contributed by atoms with Crippen LogP contribution in [0.4, 0.5) is 15.9 Å². The SMILES string of the molecule is Cc1nc(NC(=O)N2CCC[C@@]2(C)C(N)=O)sc1-c1ccnc(N2CCN(C)CC2)n1. The molecule has 1 atom stereocenters. The molecule has 2 fully saturated rings. The summed E-state index contributed by atoms with van der Waals surface area (Å²) in [5.74, 6) is 0.215. The second-order valence-electron chi connectivity index (χ2n) is 8.29. The van der Waals surface area contributed by atoms with Crippen molar-refractivity contribution in [2.45, 2.75) is 32.2 Å². The number of likely N-dealkylation sites (tertiary alicyclic amines) is 1. The fraction of sp³-hybridized carbons (Fsp3) is 0.550. The maximum absolute atomic E-state index is 12.8. The lowest BCUT2D eigenvalue weighted by Gasteiger charge is -2.32. The number of nitrogens with two attached hydrogens (primary N) is 1. The number of carbonyl (C=O) groups excluding carboxylic acids is 2. The van der Waals surface area contributed by atoms with Gasteiger partial charge in [0.15, 0.2) is 5.13 Å². The van der Waals surface area contributed by atoms with Crippen LogP contribution in [0.5, 0.6) is 0 Å². The molecule has 4 heterocycles. The minimum Gasteiger partial charge on any atom is -0.368 e. The van der Waals surface area contributed by atoms with E-state index in [2.05, 4.69) is 32.1 Å². The molecule has 10 nitrogen and oxygen atoms in total. The number of nitrogens with one attached hydrogen (secondary N) is 1. The van der Waals surface area contributed by atoms with Crippen LogP contribution in [0.2, 0.25) is 0 Å². The van der Waals surface area contributed by atoms with Gasteiger partial charge in [-0.25, -0.2) is 19.7 Å². The smallest absolute Gasteiger partial charge is 0.324 e. The average molecular weight is 445 g/mol. The fourth-order valence-corrected chi connectivity index (χ4v) is 4.95. The van der Waals surface area contributed by atoms with Crippen LogP contribution in [-0.2, 0) is 4.79 Å². The number of amides is 3. The Morgan fingerprint density at radius 3 is 2.65 bits per heavy atom. The van der Waals surface area contributed by atoms with Crippen LogP contribution in [0.3, 0.4) is 0 Å². The molecule has 0 aliphatic carbocycles. The van der Waals surface area contributed by atoms with Gasteiger partial charge in [-0.3, -0.25) is 10.1 Å². The highest BCUT2D eigenvalue weighted by Gasteiger charge is 2.44. The molecule has 3 amide bonds. The number of hydrogen-bond acceptors (Lipinski definition) is 8. The molecule has 3 N–H and O–H groups in total. The molecule has 2 aliphatic rings. The Kier molecular flexibility index (Phi) is 5.80. The van der Waals surface area contributed by atoms with Gasteiger partial charge in [-0.15, -0.1) is 0 Å². The maximum atomic E-state index is 12.8. The number of aromatic nitrogens is 3. The number of hydrogen-bond donors (Lipinski definition) is 2. The van der Waals surface area contributed by atoms with E-state index in [9.17, 15) is 9.59 Å². The molecule has 11 heteroatoms. The van der Waals surface area contributed by atoms with Gasteiger partial charge < -0.3 is 20.4 Å².